The first kappa shape index (κ1) is 19.5. The molecular formula is C17H18F3N3O3. The summed E-state index contributed by atoms with van der Waals surface area (Å²) in [6.07, 6.45) is -2.85. The number of carbonyl (C=O) groups is 2. The van der Waals surface area contributed by atoms with Gasteiger partial charge >= 0.3 is 6.18 Å². The second-order valence-electron chi connectivity index (χ2n) is 5.68. The smallest absolute Gasteiger partial charge is 0.364 e. The molecule has 2 aromatic rings. The Morgan fingerprint density at radius 3 is 2.42 bits per heavy atom. The number of hydrogen-bond acceptors (Lipinski definition) is 4. The number of halogens is 3. The first-order chi connectivity index (χ1) is 12.3. The highest BCUT2D eigenvalue weighted by Crippen LogP contribution is 2.29. The number of benzene rings is 1. The molecule has 0 radical (unpaired) electrons. The van der Waals surface area contributed by atoms with Gasteiger partial charge in [0.25, 0.3) is 0 Å². The number of nitrogens with one attached hydrogen (secondary N) is 2. The van der Waals surface area contributed by atoms with Gasteiger partial charge in [-0.2, -0.15) is 13.2 Å². The monoisotopic (exact) mass is 369 g/mol. The maximum atomic E-state index is 12.6. The first-order valence-corrected chi connectivity index (χ1v) is 7.83. The van der Waals surface area contributed by atoms with Gasteiger partial charge in [-0.25, -0.2) is 0 Å². The average Bonchev–Trinajstić information content (AvgIpc) is 3.10. The standard InChI is InChI=1S/C17H18F3N3O3/c1-21-16(25)12(10-22-15(24)9-14-6-7-26-23-14)8-11-2-4-13(5-3-11)17(18,19)20/h2-7,12H,8-10H2,1H3,(H,21,25)(H,22,24). The van der Waals surface area contributed by atoms with E-state index in [-0.39, 0.29) is 31.2 Å². The Balaban J connectivity index is 1.96. The molecule has 2 rings (SSSR count). The molecular weight excluding hydrogens is 351 g/mol. The number of amides is 2. The minimum atomic E-state index is -4.41. The molecule has 26 heavy (non-hydrogen) atoms. The zero-order chi connectivity index (χ0) is 19.2. The average molecular weight is 369 g/mol. The van der Waals surface area contributed by atoms with Crippen LogP contribution in [0.5, 0.6) is 0 Å². The van der Waals surface area contributed by atoms with Crippen molar-refractivity contribution in [2.45, 2.75) is 19.0 Å². The Labute approximate surface area is 147 Å². The molecule has 0 aliphatic carbocycles. The number of hydrogen-bond donors (Lipinski definition) is 2. The molecule has 2 N–H and O–H groups in total. The topological polar surface area (TPSA) is 84.2 Å². The van der Waals surface area contributed by atoms with Crippen molar-refractivity contribution in [3.8, 4) is 0 Å². The molecule has 2 amide bonds. The van der Waals surface area contributed by atoms with E-state index in [2.05, 4.69) is 20.3 Å². The molecule has 0 saturated heterocycles. The number of rotatable bonds is 7. The van der Waals surface area contributed by atoms with Crippen molar-refractivity contribution in [3.05, 3.63) is 53.4 Å². The van der Waals surface area contributed by atoms with Crippen LogP contribution in [0.15, 0.2) is 41.1 Å². The summed E-state index contributed by atoms with van der Waals surface area (Å²) in [6, 6.07) is 6.16. The molecule has 1 unspecified atom stereocenters. The van der Waals surface area contributed by atoms with Gasteiger partial charge in [-0.3, -0.25) is 9.59 Å². The van der Waals surface area contributed by atoms with Gasteiger partial charge in [0.05, 0.1) is 23.6 Å². The van der Waals surface area contributed by atoms with E-state index in [1.165, 1.54) is 25.4 Å². The summed E-state index contributed by atoms with van der Waals surface area (Å²) >= 11 is 0. The maximum Gasteiger partial charge on any atom is 0.416 e. The van der Waals surface area contributed by atoms with Gasteiger partial charge in [-0.1, -0.05) is 17.3 Å². The normalized spacial score (nSPS) is 12.5. The van der Waals surface area contributed by atoms with Crippen molar-refractivity contribution in [1.82, 2.24) is 15.8 Å². The van der Waals surface area contributed by atoms with Crippen LogP contribution in [0.3, 0.4) is 0 Å². The summed E-state index contributed by atoms with van der Waals surface area (Å²) in [6.45, 7) is 0.0530. The van der Waals surface area contributed by atoms with E-state index in [0.29, 0.717) is 11.3 Å². The lowest BCUT2D eigenvalue weighted by Crippen LogP contribution is -2.39. The van der Waals surface area contributed by atoms with E-state index in [1.54, 1.807) is 6.07 Å². The third kappa shape index (κ3) is 5.61. The number of aromatic nitrogens is 1. The van der Waals surface area contributed by atoms with Crippen molar-refractivity contribution >= 4 is 11.8 Å². The maximum absolute atomic E-state index is 12.6. The fourth-order valence-corrected chi connectivity index (χ4v) is 2.37. The van der Waals surface area contributed by atoms with Crippen LogP contribution >= 0.6 is 0 Å². The Hall–Kier alpha value is -2.84. The summed E-state index contributed by atoms with van der Waals surface area (Å²) < 4.78 is 42.5. The van der Waals surface area contributed by atoms with E-state index < -0.39 is 17.7 Å². The van der Waals surface area contributed by atoms with E-state index >= 15 is 0 Å². The van der Waals surface area contributed by atoms with Crippen LogP contribution in [0.1, 0.15) is 16.8 Å². The second-order valence-corrected chi connectivity index (χ2v) is 5.68. The fourth-order valence-electron chi connectivity index (χ4n) is 2.37. The molecule has 1 heterocycles. The zero-order valence-electron chi connectivity index (χ0n) is 14.0. The Morgan fingerprint density at radius 2 is 1.88 bits per heavy atom. The lowest BCUT2D eigenvalue weighted by atomic mass is 9.97. The van der Waals surface area contributed by atoms with Crippen LogP contribution < -0.4 is 10.6 Å². The lowest BCUT2D eigenvalue weighted by Gasteiger charge is -2.17. The number of carbonyl (C=O) groups excluding carboxylic acids is 2. The van der Waals surface area contributed by atoms with Gasteiger partial charge in [-0.05, 0) is 24.1 Å². The predicted octanol–water partition coefficient (Wildman–Crippen LogP) is 1.96. The molecule has 140 valence electrons. The molecule has 0 fully saturated rings. The molecule has 1 aromatic carbocycles. The number of alkyl halides is 3. The third-order valence-corrected chi connectivity index (χ3v) is 3.76. The van der Waals surface area contributed by atoms with Crippen molar-refractivity contribution in [3.63, 3.8) is 0 Å². The molecule has 6 nitrogen and oxygen atoms in total. The Kier molecular flexibility index (Phi) is 6.37. The van der Waals surface area contributed by atoms with Gasteiger partial charge in [-0.15, -0.1) is 0 Å². The van der Waals surface area contributed by atoms with Crippen molar-refractivity contribution in [1.29, 1.82) is 0 Å². The van der Waals surface area contributed by atoms with Crippen LogP contribution in [0.25, 0.3) is 0 Å². The van der Waals surface area contributed by atoms with E-state index in [4.69, 9.17) is 0 Å². The van der Waals surface area contributed by atoms with E-state index in [0.717, 1.165) is 12.1 Å². The van der Waals surface area contributed by atoms with Gasteiger partial charge < -0.3 is 15.2 Å². The molecule has 1 aromatic heterocycles. The van der Waals surface area contributed by atoms with Crippen LogP contribution in [0.4, 0.5) is 13.2 Å². The van der Waals surface area contributed by atoms with Crippen molar-refractivity contribution in [2.75, 3.05) is 13.6 Å². The summed E-state index contributed by atoms with van der Waals surface area (Å²) in [5.74, 6) is -1.26. The van der Waals surface area contributed by atoms with Gasteiger partial charge in [0.15, 0.2) is 0 Å². The first-order valence-electron chi connectivity index (χ1n) is 7.83. The van der Waals surface area contributed by atoms with Crippen LogP contribution in [-0.4, -0.2) is 30.6 Å². The SMILES string of the molecule is CNC(=O)C(CNC(=O)Cc1ccon1)Cc1ccc(C(F)(F)F)cc1. The summed E-state index contributed by atoms with van der Waals surface area (Å²) in [4.78, 5) is 23.9. The predicted molar refractivity (Wildman–Crippen MR) is 85.9 cm³/mol. The molecule has 0 aliphatic rings. The Morgan fingerprint density at radius 1 is 1.19 bits per heavy atom. The molecule has 0 saturated carbocycles. The van der Waals surface area contributed by atoms with Crippen LogP contribution in [0, 0.1) is 5.92 Å². The largest absolute Gasteiger partial charge is 0.416 e. The number of nitrogens with zero attached hydrogens (tertiary/aromatic N) is 1. The van der Waals surface area contributed by atoms with Gasteiger partial charge in [0.2, 0.25) is 11.8 Å². The van der Waals surface area contributed by atoms with Gasteiger partial charge in [0.1, 0.15) is 6.26 Å². The highest BCUT2D eigenvalue weighted by Gasteiger charge is 2.30. The fraction of sp³-hybridized carbons (Fsp3) is 0.353. The van der Waals surface area contributed by atoms with E-state index in [1.807, 2.05) is 0 Å². The van der Waals surface area contributed by atoms with Gasteiger partial charge in [0, 0.05) is 19.7 Å². The summed E-state index contributed by atoms with van der Waals surface area (Å²) in [5.41, 5.74) is 0.276. The second kappa shape index (κ2) is 8.50. The molecule has 0 aliphatic heterocycles. The highest BCUT2D eigenvalue weighted by molar-refractivity contribution is 5.81. The quantitative estimate of drug-likeness (QED) is 0.781. The minimum Gasteiger partial charge on any atom is -0.364 e. The molecule has 9 heteroatoms. The lowest BCUT2D eigenvalue weighted by molar-refractivity contribution is -0.137. The third-order valence-electron chi connectivity index (χ3n) is 3.76. The highest BCUT2D eigenvalue weighted by atomic mass is 19.4. The van der Waals surface area contributed by atoms with E-state index in [9.17, 15) is 22.8 Å². The summed E-state index contributed by atoms with van der Waals surface area (Å²) in [7, 11) is 1.46. The minimum absolute atomic E-state index is 0.0112. The molecule has 0 bridgehead atoms. The van der Waals surface area contributed by atoms with Crippen LogP contribution in [-0.2, 0) is 28.6 Å². The molecule has 0 spiro atoms. The van der Waals surface area contributed by atoms with Crippen molar-refractivity contribution in [2.24, 2.45) is 5.92 Å². The van der Waals surface area contributed by atoms with Crippen molar-refractivity contribution < 1.29 is 27.3 Å². The zero-order valence-corrected chi connectivity index (χ0v) is 14.0. The summed E-state index contributed by atoms with van der Waals surface area (Å²) in [5, 5.41) is 8.75. The van der Waals surface area contributed by atoms with Crippen LogP contribution in [0.2, 0.25) is 0 Å². The molecule has 1 atom stereocenters. The Bertz CT molecular complexity index is 728.